The fraction of sp³-hybridized carbons (Fsp3) is 0.462. The second-order valence-corrected chi connectivity index (χ2v) is 3.96. The van der Waals surface area contributed by atoms with Gasteiger partial charge in [-0.05, 0) is 32.9 Å². The molecule has 1 aromatic carbocycles. The highest BCUT2D eigenvalue weighted by atomic mass is 16.2. The maximum Gasteiger partial charge on any atom is 0.244 e. The number of nitrogen functional groups attached to an aromatic ring is 1. The molecular formula is C13H21N3O. The average molecular weight is 235 g/mol. The summed E-state index contributed by atoms with van der Waals surface area (Å²) in [6.45, 7) is 7.26. The van der Waals surface area contributed by atoms with E-state index in [0.29, 0.717) is 5.69 Å². The molecule has 0 spiro atoms. The van der Waals surface area contributed by atoms with Crippen molar-refractivity contribution >= 4 is 17.3 Å². The Bertz CT molecular complexity index is 375. The molecule has 0 saturated heterocycles. The number of benzene rings is 1. The normalized spacial score (nSPS) is 11.9. The van der Waals surface area contributed by atoms with Gasteiger partial charge in [-0.3, -0.25) is 4.79 Å². The zero-order valence-corrected chi connectivity index (χ0v) is 10.7. The van der Waals surface area contributed by atoms with Crippen molar-refractivity contribution in [3.63, 3.8) is 0 Å². The van der Waals surface area contributed by atoms with E-state index in [4.69, 9.17) is 5.73 Å². The molecule has 1 aromatic rings. The third kappa shape index (κ3) is 3.37. The summed E-state index contributed by atoms with van der Waals surface area (Å²) < 4.78 is 0. The third-order valence-corrected chi connectivity index (χ3v) is 2.78. The minimum atomic E-state index is -0.264. The van der Waals surface area contributed by atoms with Crippen molar-refractivity contribution in [2.75, 3.05) is 24.1 Å². The van der Waals surface area contributed by atoms with Crippen LogP contribution in [0.15, 0.2) is 24.3 Å². The van der Waals surface area contributed by atoms with E-state index in [9.17, 15) is 4.79 Å². The second kappa shape index (κ2) is 6.13. The number of para-hydroxylation sites is 2. The Morgan fingerprint density at radius 1 is 1.35 bits per heavy atom. The average Bonchev–Trinajstić information content (AvgIpc) is 2.33. The number of hydrogen-bond donors (Lipinski definition) is 2. The lowest BCUT2D eigenvalue weighted by molar-refractivity contribution is -0.131. The minimum absolute atomic E-state index is 0.0956. The van der Waals surface area contributed by atoms with Crippen LogP contribution in [0.25, 0.3) is 0 Å². The van der Waals surface area contributed by atoms with Gasteiger partial charge in [-0.25, -0.2) is 0 Å². The number of hydrogen-bond acceptors (Lipinski definition) is 3. The molecule has 0 saturated carbocycles. The molecule has 0 bridgehead atoms. The van der Waals surface area contributed by atoms with Gasteiger partial charge in [0.1, 0.15) is 6.04 Å². The van der Waals surface area contributed by atoms with Crippen molar-refractivity contribution in [1.29, 1.82) is 0 Å². The smallest absolute Gasteiger partial charge is 0.244 e. The molecular weight excluding hydrogens is 214 g/mol. The van der Waals surface area contributed by atoms with E-state index in [1.165, 1.54) is 0 Å². The molecule has 1 amide bonds. The quantitative estimate of drug-likeness (QED) is 0.767. The van der Waals surface area contributed by atoms with E-state index in [2.05, 4.69) is 5.32 Å². The zero-order chi connectivity index (χ0) is 12.8. The highest BCUT2D eigenvalue weighted by Crippen LogP contribution is 2.18. The van der Waals surface area contributed by atoms with Crippen LogP contribution in [-0.4, -0.2) is 29.9 Å². The van der Waals surface area contributed by atoms with Crippen LogP contribution in [-0.2, 0) is 4.79 Å². The molecule has 4 nitrogen and oxygen atoms in total. The molecule has 0 fully saturated rings. The Kier molecular flexibility index (Phi) is 4.82. The lowest BCUT2D eigenvalue weighted by atomic mass is 10.2. The SMILES string of the molecule is CCN(CC)C(=O)C(C)Nc1ccccc1N. The Hall–Kier alpha value is -1.71. The summed E-state index contributed by atoms with van der Waals surface area (Å²) in [5.74, 6) is 0.0956. The Balaban J connectivity index is 2.69. The van der Waals surface area contributed by atoms with E-state index < -0.39 is 0 Å². The molecule has 1 rings (SSSR count). The summed E-state index contributed by atoms with van der Waals surface area (Å²) in [4.78, 5) is 13.8. The number of carbonyl (C=O) groups is 1. The van der Waals surface area contributed by atoms with Crippen LogP contribution >= 0.6 is 0 Å². The maximum atomic E-state index is 12.0. The van der Waals surface area contributed by atoms with Crippen LogP contribution in [0.3, 0.4) is 0 Å². The van der Waals surface area contributed by atoms with Crippen LogP contribution in [0.2, 0.25) is 0 Å². The van der Waals surface area contributed by atoms with Gasteiger partial charge >= 0.3 is 0 Å². The Morgan fingerprint density at radius 2 is 1.94 bits per heavy atom. The van der Waals surface area contributed by atoms with Crippen LogP contribution in [0.1, 0.15) is 20.8 Å². The molecule has 3 N–H and O–H groups in total. The van der Waals surface area contributed by atoms with Crippen LogP contribution in [0.4, 0.5) is 11.4 Å². The standard InChI is InChI=1S/C13H21N3O/c1-4-16(5-2)13(17)10(3)15-12-9-7-6-8-11(12)14/h6-10,15H,4-5,14H2,1-3H3. The predicted octanol–water partition coefficient (Wildman–Crippen LogP) is 1.94. The summed E-state index contributed by atoms with van der Waals surface area (Å²) in [7, 11) is 0. The number of nitrogens with zero attached hydrogens (tertiary/aromatic N) is 1. The van der Waals surface area contributed by atoms with Crippen LogP contribution in [0.5, 0.6) is 0 Å². The molecule has 0 aliphatic carbocycles. The first-order valence-corrected chi connectivity index (χ1v) is 6.00. The van der Waals surface area contributed by atoms with E-state index in [1.807, 2.05) is 45.0 Å². The van der Waals surface area contributed by atoms with Crippen molar-refractivity contribution < 1.29 is 4.79 Å². The van der Waals surface area contributed by atoms with Crippen molar-refractivity contribution in [2.24, 2.45) is 0 Å². The lowest BCUT2D eigenvalue weighted by Gasteiger charge is -2.24. The van der Waals surface area contributed by atoms with Crippen molar-refractivity contribution in [1.82, 2.24) is 4.90 Å². The number of likely N-dealkylation sites (N-methyl/N-ethyl adjacent to an activating group) is 1. The van der Waals surface area contributed by atoms with E-state index >= 15 is 0 Å². The topological polar surface area (TPSA) is 58.4 Å². The van der Waals surface area contributed by atoms with Gasteiger partial charge in [0.2, 0.25) is 5.91 Å². The predicted molar refractivity (Wildman–Crippen MR) is 71.9 cm³/mol. The monoisotopic (exact) mass is 235 g/mol. The molecule has 0 aliphatic heterocycles. The molecule has 1 atom stereocenters. The van der Waals surface area contributed by atoms with Crippen molar-refractivity contribution in [2.45, 2.75) is 26.8 Å². The Labute approximate surface area is 103 Å². The molecule has 0 aromatic heterocycles. The number of nitrogens with one attached hydrogen (secondary N) is 1. The minimum Gasteiger partial charge on any atom is -0.397 e. The molecule has 0 heterocycles. The summed E-state index contributed by atoms with van der Waals surface area (Å²) in [6, 6.07) is 7.20. The lowest BCUT2D eigenvalue weighted by Crippen LogP contribution is -2.41. The number of amides is 1. The summed E-state index contributed by atoms with van der Waals surface area (Å²) in [6.07, 6.45) is 0. The van der Waals surface area contributed by atoms with Crippen molar-refractivity contribution in [3.8, 4) is 0 Å². The van der Waals surface area contributed by atoms with E-state index in [0.717, 1.165) is 18.8 Å². The largest absolute Gasteiger partial charge is 0.397 e. The molecule has 1 unspecified atom stereocenters. The number of rotatable bonds is 5. The van der Waals surface area contributed by atoms with Gasteiger partial charge in [-0.2, -0.15) is 0 Å². The summed E-state index contributed by atoms with van der Waals surface area (Å²) in [5.41, 5.74) is 7.29. The fourth-order valence-corrected chi connectivity index (χ4v) is 1.73. The highest BCUT2D eigenvalue weighted by Gasteiger charge is 2.18. The summed E-state index contributed by atoms with van der Waals surface area (Å²) >= 11 is 0. The van der Waals surface area contributed by atoms with Crippen LogP contribution in [0, 0.1) is 0 Å². The van der Waals surface area contributed by atoms with Gasteiger partial charge in [0.25, 0.3) is 0 Å². The van der Waals surface area contributed by atoms with Crippen LogP contribution < -0.4 is 11.1 Å². The zero-order valence-electron chi connectivity index (χ0n) is 10.7. The first-order chi connectivity index (χ1) is 8.10. The summed E-state index contributed by atoms with van der Waals surface area (Å²) in [5, 5.41) is 3.14. The number of carbonyl (C=O) groups excluding carboxylic acids is 1. The van der Waals surface area contributed by atoms with Crippen molar-refractivity contribution in [3.05, 3.63) is 24.3 Å². The second-order valence-electron chi connectivity index (χ2n) is 3.96. The Morgan fingerprint density at radius 3 is 2.47 bits per heavy atom. The molecule has 94 valence electrons. The fourth-order valence-electron chi connectivity index (χ4n) is 1.73. The van der Waals surface area contributed by atoms with Gasteiger partial charge in [0.05, 0.1) is 11.4 Å². The van der Waals surface area contributed by atoms with Gasteiger partial charge in [-0.1, -0.05) is 12.1 Å². The highest BCUT2D eigenvalue weighted by molar-refractivity contribution is 5.85. The first-order valence-electron chi connectivity index (χ1n) is 6.00. The van der Waals surface area contributed by atoms with Gasteiger partial charge in [-0.15, -0.1) is 0 Å². The molecule has 0 radical (unpaired) electrons. The number of nitrogens with two attached hydrogens (primary N) is 1. The maximum absolute atomic E-state index is 12.0. The van der Waals surface area contributed by atoms with E-state index in [-0.39, 0.29) is 11.9 Å². The third-order valence-electron chi connectivity index (χ3n) is 2.78. The molecule has 0 aliphatic rings. The van der Waals surface area contributed by atoms with Gasteiger partial charge in [0.15, 0.2) is 0 Å². The van der Waals surface area contributed by atoms with E-state index in [1.54, 1.807) is 4.90 Å². The first kappa shape index (κ1) is 13.4. The number of anilines is 2. The molecule has 4 heteroatoms. The van der Waals surface area contributed by atoms with Gasteiger partial charge < -0.3 is 16.0 Å². The molecule has 17 heavy (non-hydrogen) atoms. The van der Waals surface area contributed by atoms with Gasteiger partial charge in [0, 0.05) is 13.1 Å².